The third-order valence-electron chi connectivity index (χ3n) is 6.90. The number of nitrogens with one attached hydrogen (secondary N) is 1. The number of hydrogen-bond acceptors (Lipinski definition) is 4. The number of carbonyl (C=O) groups excluding carboxylic acids is 2. The monoisotopic (exact) mass is 556 g/mol. The molecular formula is C32H33FN4O2S. The first kappa shape index (κ1) is 27.6. The third kappa shape index (κ3) is 5.68. The van der Waals surface area contributed by atoms with Crippen molar-refractivity contribution in [1.82, 2.24) is 15.1 Å². The van der Waals surface area contributed by atoms with Gasteiger partial charge in [0.15, 0.2) is 0 Å². The summed E-state index contributed by atoms with van der Waals surface area (Å²) in [5.74, 6) is 0.276. The number of halogens is 1. The molecule has 4 aromatic rings. The molecule has 1 N–H and O–H groups in total. The number of fused-ring (bicyclic) bond motifs is 1. The second-order valence-corrected chi connectivity index (χ2v) is 11.7. The fourth-order valence-corrected chi connectivity index (χ4v) is 6.16. The van der Waals surface area contributed by atoms with E-state index in [0.717, 1.165) is 39.2 Å². The lowest BCUT2D eigenvalue weighted by Crippen LogP contribution is -2.43. The van der Waals surface area contributed by atoms with Crippen LogP contribution in [0.4, 0.5) is 10.2 Å². The van der Waals surface area contributed by atoms with Gasteiger partial charge in [0, 0.05) is 17.7 Å². The second-order valence-electron chi connectivity index (χ2n) is 10.6. The molecule has 0 bridgehead atoms. The number of benzene rings is 3. The molecule has 2 amide bonds. The molecule has 1 atom stereocenters. The molecule has 0 fully saturated rings. The molecule has 2 heterocycles. The molecule has 206 valence electrons. The lowest BCUT2D eigenvalue weighted by atomic mass is 9.99. The first-order valence-corrected chi connectivity index (χ1v) is 14.5. The van der Waals surface area contributed by atoms with Gasteiger partial charge >= 0.3 is 0 Å². The number of amides is 2. The van der Waals surface area contributed by atoms with E-state index in [1.165, 1.54) is 23.9 Å². The summed E-state index contributed by atoms with van der Waals surface area (Å²) in [6.07, 6.45) is 0. The SMILES string of the molecule is Cc1ccc(-n2nc(-c3ccccc3)c3c2N(CC(=O)NCC(C)C)C(=O)CSC3c2ccc(F)cc2)c(C)c1. The molecular weight excluding hydrogens is 523 g/mol. The lowest BCUT2D eigenvalue weighted by molar-refractivity contribution is -0.123. The molecule has 1 unspecified atom stereocenters. The van der Waals surface area contributed by atoms with Gasteiger partial charge in [0.2, 0.25) is 11.8 Å². The zero-order chi connectivity index (χ0) is 28.4. The number of rotatable bonds is 7. The number of aryl methyl sites for hydroxylation is 2. The summed E-state index contributed by atoms with van der Waals surface area (Å²) in [7, 11) is 0. The summed E-state index contributed by atoms with van der Waals surface area (Å²) in [4.78, 5) is 28.5. The van der Waals surface area contributed by atoms with Crippen LogP contribution in [-0.4, -0.2) is 40.4 Å². The maximum absolute atomic E-state index is 13.9. The molecule has 3 aromatic carbocycles. The van der Waals surface area contributed by atoms with Crippen LogP contribution in [0.2, 0.25) is 0 Å². The molecule has 1 aromatic heterocycles. The molecule has 8 heteroatoms. The van der Waals surface area contributed by atoms with E-state index in [4.69, 9.17) is 5.10 Å². The molecule has 0 saturated carbocycles. The molecule has 1 aliphatic rings. The Bertz CT molecular complexity index is 1530. The fourth-order valence-electron chi connectivity index (χ4n) is 4.96. The van der Waals surface area contributed by atoms with Gasteiger partial charge < -0.3 is 5.32 Å². The van der Waals surface area contributed by atoms with Crippen LogP contribution in [0.25, 0.3) is 16.9 Å². The number of aromatic nitrogens is 2. The van der Waals surface area contributed by atoms with E-state index in [-0.39, 0.29) is 41.1 Å². The number of carbonyl (C=O) groups is 2. The standard InChI is InChI=1S/C32H33FN4O2S/c1-20(2)17-34-27(38)18-36-28(39)19-40-31(24-11-13-25(33)14-12-24)29-30(23-8-6-5-7-9-23)35-37(32(29)36)26-15-10-21(3)16-22(26)4/h5-16,20,31H,17-19H2,1-4H3,(H,34,38). The number of anilines is 1. The highest BCUT2D eigenvalue weighted by Crippen LogP contribution is 2.48. The van der Waals surface area contributed by atoms with E-state index in [1.807, 2.05) is 74.8 Å². The van der Waals surface area contributed by atoms with Gasteiger partial charge in [-0.25, -0.2) is 9.07 Å². The highest BCUT2D eigenvalue weighted by molar-refractivity contribution is 8.00. The van der Waals surface area contributed by atoms with E-state index in [9.17, 15) is 14.0 Å². The summed E-state index contributed by atoms with van der Waals surface area (Å²) < 4.78 is 15.8. The van der Waals surface area contributed by atoms with Crippen molar-refractivity contribution in [1.29, 1.82) is 0 Å². The maximum Gasteiger partial charge on any atom is 0.240 e. The van der Waals surface area contributed by atoms with Gasteiger partial charge in [-0.05, 0) is 49.1 Å². The van der Waals surface area contributed by atoms with Crippen molar-refractivity contribution in [2.24, 2.45) is 5.92 Å². The Labute approximate surface area is 238 Å². The summed E-state index contributed by atoms with van der Waals surface area (Å²) in [5.41, 5.74) is 6.25. The molecule has 1 aliphatic heterocycles. The van der Waals surface area contributed by atoms with Gasteiger partial charge in [-0.1, -0.05) is 74.0 Å². The Kier molecular flexibility index (Phi) is 8.07. The Morgan fingerprint density at radius 2 is 1.80 bits per heavy atom. The van der Waals surface area contributed by atoms with E-state index in [0.29, 0.717) is 12.4 Å². The first-order valence-electron chi connectivity index (χ1n) is 13.4. The minimum absolute atomic E-state index is 0.125. The molecule has 0 radical (unpaired) electrons. The van der Waals surface area contributed by atoms with Crippen LogP contribution < -0.4 is 10.2 Å². The van der Waals surface area contributed by atoms with Crippen molar-refractivity contribution >= 4 is 29.4 Å². The summed E-state index contributed by atoms with van der Waals surface area (Å²) in [6, 6.07) is 22.3. The van der Waals surface area contributed by atoms with Crippen LogP contribution >= 0.6 is 11.8 Å². The van der Waals surface area contributed by atoms with E-state index < -0.39 is 0 Å². The Morgan fingerprint density at radius 3 is 2.48 bits per heavy atom. The molecule has 0 spiro atoms. The highest BCUT2D eigenvalue weighted by atomic mass is 32.2. The normalized spacial score (nSPS) is 15.2. The van der Waals surface area contributed by atoms with Gasteiger partial charge in [0.25, 0.3) is 0 Å². The molecule has 0 saturated heterocycles. The van der Waals surface area contributed by atoms with Gasteiger partial charge in [-0.15, -0.1) is 11.8 Å². The lowest BCUT2D eigenvalue weighted by Gasteiger charge is -2.24. The van der Waals surface area contributed by atoms with Crippen molar-refractivity contribution < 1.29 is 14.0 Å². The van der Waals surface area contributed by atoms with Crippen molar-refractivity contribution in [3.8, 4) is 16.9 Å². The van der Waals surface area contributed by atoms with Crippen LogP contribution in [0.3, 0.4) is 0 Å². The summed E-state index contributed by atoms with van der Waals surface area (Å²) in [5, 5.41) is 7.78. The van der Waals surface area contributed by atoms with Gasteiger partial charge in [-0.2, -0.15) is 5.10 Å². The van der Waals surface area contributed by atoms with Crippen molar-refractivity contribution in [2.45, 2.75) is 32.9 Å². The van der Waals surface area contributed by atoms with E-state index in [1.54, 1.807) is 17.0 Å². The summed E-state index contributed by atoms with van der Waals surface area (Å²) >= 11 is 1.47. The van der Waals surface area contributed by atoms with Gasteiger partial charge in [0.1, 0.15) is 18.2 Å². The Balaban J connectivity index is 1.78. The topological polar surface area (TPSA) is 67.2 Å². The predicted octanol–water partition coefficient (Wildman–Crippen LogP) is 6.24. The van der Waals surface area contributed by atoms with E-state index in [2.05, 4.69) is 11.4 Å². The zero-order valence-corrected chi connectivity index (χ0v) is 24.0. The maximum atomic E-state index is 13.9. The predicted molar refractivity (Wildman–Crippen MR) is 159 cm³/mol. The van der Waals surface area contributed by atoms with E-state index >= 15 is 0 Å². The van der Waals surface area contributed by atoms with Crippen LogP contribution in [0.15, 0.2) is 72.8 Å². The smallest absolute Gasteiger partial charge is 0.240 e. The zero-order valence-electron chi connectivity index (χ0n) is 23.1. The fraction of sp³-hybridized carbons (Fsp3) is 0.281. The largest absolute Gasteiger partial charge is 0.354 e. The number of hydrogen-bond donors (Lipinski definition) is 1. The molecule has 6 nitrogen and oxygen atoms in total. The van der Waals surface area contributed by atoms with Gasteiger partial charge in [-0.3, -0.25) is 14.5 Å². The van der Waals surface area contributed by atoms with Crippen molar-refractivity contribution in [3.05, 3.63) is 101 Å². The average molecular weight is 557 g/mol. The Morgan fingerprint density at radius 1 is 1.07 bits per heavy atom. The average Bonchev–Trinajstić information content (AvgIpc) is 3.25. The van der Waals surface area contributed by atoms with Crippen LogP contribution in [-0.2, 0) is 9.59 Å². The Hall–Kier alpha value is -3.91. The second kappa shape index (κ2) is 11.7. The highest BCUT2D eigenvalue weighted by Gasteiger charge is 2.38. The van der Waals surface area contributed by atoms with Crippen LogP contribution in [0, 0.1) is 25.6 Å². The number of thioether (sulfide) groups is 1. The van der Waals surface area contributed by atoms with Crippen LogP contribution in [0.1, 0.15) is 41.4 Å². The number of nitrogens with zero attached hydrogens (tertiary/aromatic N) is 3. The minimum Gasteiger partial charge on any atom is -0.354 e. The minimum atomic E-state index is -0.323. The van der Waals surface area contributed by atoms with Crippen molar-refractivity contribution in [3.63, 3.8) is 0 Å². The van der Waals surface area contributed by atoms with Gasteiger partial charge in [0.05, 0.1) is 22.4 Å². The molecule has 5 rings (SSSR count). The van der Waals surface area contributed by atoms with Crippen LogP contribution in [0.5, 0.6) is 0 Å². The third-order valence-corrected chi connectivity index (χ3v) is 8.15. The quantitative estimate of drug-likeness (QED) is 0.293. The molecule has 0 aliphatic carbocycles. The first-order chi connectivity index (χ1) is 19.2. The summed E-state index contributed by atoms with van der Waals surface area (Å²) in [6.45, 7) is 8.50. The van der Waals surface area contributed by atoms with Crippen molar-refractivity contribution in [2.75, 3.05) is 23.7 Å². The molecule has 40 heavy (non-hydrogen) atoms.